The van der Waals surface area contributed by atoms with Crippen molar-refractivity contribution < 1.29 is 23.9 Å². The van der Waals surface area contributed by atoms with Gasteiger partial charge in [-0.1, -0.05) is 13.8 Å². The Morgan fingerprint density at radius 1 is 1.14 bits per heavy atom. The van der Waals surface area contributed by atoms with E-state index in [1.165, 1.54) is 0 Å². The number of piperidine rings is 1. The fourth-order valence-corrected chi connectivity index (χ4v) is 3.13. The van der Waals surface area contributed by atoms with Gasteiger partial charge in [-0.25, -0.2) is 4.79 Å². The molecule has 2 amide bonds. The highest BCUT2D eigenvalue weighted by Gasteiger charge is 2.24. The zero-order valence-electron chi connectivity index (χ0n) is 16.9. The Kier molecular flexibility index (Phi) is 8.29. The maximum Gasteiger partial charge on any atom is 0.513 e. The lowest BCUT2D eigenvalue weighted by molar-refractivity contribution is -0.122. The minimum atomic E-state index is -0.760. The van der Waals surface area contributed by atoms with E-state index in [0.717, 1.165) is 12.8 Å². The molecule has 154 valence electrons. The van der Waals surface area contributed by atoms with Gasteiger partial charge < -0.3 is 19.7 Å². The summed E-state index contributed by atoms with van der Waals surface area (Å²) in [6.45, 7) is 8.01. The molecule has 7 nitrogen and oxygen atoms in total. The van der Waals surface area contributed by atoms with Crippen LogP contribution in [0.4, 0.5) is 4.79 Å². The fourth-order valence-electron chi connectivity index (χ4n) is 3.13. The summed E-state index contributed by atoms with van der Waals surface area (Å²) in [6, 6.07) is 6.46. The number of benzene rings is 1. The van der Waals surface area contributed by atoms with E-state index >= 15 is 0 Å². The standard InChI is InChI=1S/C21H30N2O5/c1-4-27-21(26)28-18-7-5-17(6-8-18)20(25)23-11-9-16(10-12-23)14-22-19(24)13-15(2)3/h5-8,15-16H,4,9-14H2,1-3H3,(H,22,24). The summed E-state index contributed by atoms with van der Waals surface area (Å²) < 4.78 is 9.72. The van der Waals surface area contributed by atoms with Crippen LogP contribution in [0.3, 0.4) is 0 Å². The molecule has 0 atom stereocenters. The largest absolute Gasteiger partial charge is 0.513 e. The summed E-state index contributed by atoms with van der Waals surface area (Å²) in [5, 5.41) is 3.00. The highest BCUT2D eigenvalue weighted by Crippen LogP contribution is 2.20. The van der Waals surface area contributed by atoms with Crippen molar-refractivity contribution in [3.63, 3.8) is 0 Å². The second kappa shape index (κ2) is 10.7. The topological polar surface area (TPSA) is 84.9 Å². The molecule has 1 fully saturated rings. The molecule has 0 aliphatic carbocycles. The molecule has 0 radical (unpaired) electrons. The third kappa shape index (κ3) is 6.87. The number of carbonyl (C=O) groups excluding carboxylic acids is 3. The van der Waals surface area contributed by atoms with Crippen LogP contribution in [0.1, 0.15) is 50.4 Å². The van der Waals surface area contributed by atoms with E-state index < -0.39 is 6.16 Å². The highest BCUT2D eigenvalue weighted by molar-refractivity contribution is 5.94. The SMILES string of the molecule is CCOC(=O)Oc1ccc(C(=O)N2CCC(CNC(=O)CC(C)C)CC2)cc1. The minimum Gasteiger partial charge on any atom is -0.434 e. The molecule has 28 heavy (non-hydrogen) atoms. The molecular weight excluding hydrogens is 360 g/mol. The number of hydrogen-bond acceptors (Lipinski definition) is 5. The van der Waals surface area contributed by atoms with Crippen molar-refractivity contribution >= 4 is 18.0 Å². The molecule has 1 heterocycles. The van der Waals surface area contributed by atoms with E-state index in [1.54, 1.807) is 31.2 Å². The summed E-state index contributed by atoms with van der Waals surface area (Å²) in [6.07, 6.45) is 1.53. The Balaban J connectivity index is 1.78. The number of carbonyl (C=O) groups is 3. The Hall–Kier alpha value is -2.57. The molecule has 1 aliphatic heterocycles. The first-order chi connectivity index (χ1) is 13.4. The molecule has 0 spiro atoms. The lowest BCUT2D eigenvalue weighted by Crippen LogP contribution is -2.41. The van der Waals surface area contributed by atoms with Crippen molar-refractivity contribution in [2.24, 2.45) is 11.8 Å². The Morgan fingerprint density at radius 3 is 2.36 bits per heavy atom. The number of rotatable bonds is 7. The Bertz CT molecular complexity index is 664. The first kappa shape index (κ1) is 21.7. The third-order valence-corrected chi connectivity index (χ3v) is 4.65. The molecule has 0 saturated carbocycles. The van der Waals surface area contributed by atoms with E-state index in [0.29, 0.717) is 49.2 Å². The van der Waals surface area contributed by atoms with Crippen LogP contribution >= 0.6 is 0 Å². The molecule has 1 aromatic rings. The van der Waals surface area contributed by atoms with Gasteiger partial charge in [-0.2, -0.15) is 0 Å². The fraction of sp³-hybridized carbons (Fsp3) is 0.571. The molecule has 2 rings (SSSR count). The highest BCUT2D eigenvalue weighted by atomic mass is 16.7. The minimum absolute atomic E-state index is 0.0371. The van der Waals surface area contributed by atoms with Gasteiger partial charge in [0.2, 0.25) is 5.91 Å². The van der Waals surface area contributed by atoms with Gasteiger partial charge in [0.25, 0.3) is 5.91 Å². The van der Waals surface area contributed by atoms with E-state index in [-0.39, 0.29) is 18.4 Å². The van der Waals surface area contributed by atoms with E-state index in [9.17, 15) is 14.4 Å². The maximum absolute atomic E-state index is 12.7. The van der Waals surface area contributed by atoms with Crippen LogP contribution in [0.2, 0.25) is 0 Å². The van der Waals surface area contributed by atoms with Crippen molar-refractivity contribution in [1.82, 2.24) is 10.2 Å². The van der Waals surface area contributed by atoms with Crippen LogP contribution in [-0.4, -0.2) is 49.1 Å². The molecule has 0 aromatic heterocycles. The van der Waals surface area contributed by atoms with E-state index in [4.69, 9.17) is 9.47 Å². The lowest BCUT2D eigenvalue weighted by Gasteiger charge is -2.32. The monoisotopic (exact) mass is 390 g/mol. The predicted octanol–water partition coefficient (Wildman–Crippen LogP) is 3.24. The van der Waals surface area contributed by atoms with Crippen LogP contribution in [0, 0.1) is 11.8 Å². The van der Waals surface area contributed by atoms with Crippen molar-refractivity contribution in [1.29, 1.82) is 0 Å². The van der Waals surface area contributed by atoms with Gasteiger partial charge in [0.15, 0.2) is 0 Å². The van der Waals surface area contributed by atoms with Gasteiger partial charge >= 0.3 is 6.16 Å². The average Bonchev–Trinajstić information content (AvgIpc) is 2.66. The van der Waals surface area contributed by atoms with Crippen molar-refractivity contribution in [2.45, 2.75) is 40.0 Å². The van der Waals surface area contributed by atoms with Crippen molar-refractivity contribution in [3.05, 3.63) is 29.8 Å². The van der Waals surface area contributed by atoms with Gasteiger partial charge in [-0.15, -0.1) is 0 Å². The quantitative estimate of drug-likeness (QED) is 0.571. The number of nitrogens with one attached hydrogen (secondary N) is 1. The van der Waals surface area contributed by atoms with Crippen molar-refractivity contribution in [3.8, 4) is 5.75 Å². The summed E-state index contributed by atoms with van der Waals surface area (Å²) in [4.78, 5) is 37.6. The second-order valence-electron chi connectivity index (χ2n) is 7.45. The van der Waals surface area contributed by atoms with Gasteiger partial charge in [0.05, 0.1) is 6.61 Å². The lowest BCUT2D eigenvalue weighted by atomic mass is 9.96. The summed E-state index contributed by atoms with van der Waals surface area (Å²) in [7, 11) is 0. The number of hydrogen-bond donors (Lipinski definition) is 1. The summed E-state index contributed by atoms with van der Waals surface area (Å²) in [5.41, 5.74) is 0.555. The summed E-state index contributed by atoms with van der Waals surface area (Å²) in [5.74, 6) is 1.16. The molecule has 1 aromatic carbocycles. The first-order valence-electron chi connectivity index (χ1n) is 9.89. The Labute approximate surface area is 166 Å². The number of likely N-dealkylation sites (tertiary alicyclic amines) is 1. The average molecular weight is 390 g/mol. The van der Waals surface area contributed by atoms with Crippen molar-refractivity contribution in [2.75, 3.05) is 26.2 Å². The molecule has 1 aliphatic rings. The zero-order valence-corrected chi connectivity index (χ0v) is 16.9. The summed E-state index contributed by atoms with van der Waals surface area (Å²) >= 11 is 0. The molecule has 1 N–H and O–H groups in total. The maximum atomic E-state index is 12.7. The van der Waals surface area contributed by atoms with E-state index in [2.05, 4.69) is 5.32 Å². The number of amides is 2. The Morgan fingerprint density at radius 2 is 1.79 bits per heavy atom. The smallest absolute Gasteiger partial charge is 0.434 e. The molecular formula is C21H30N2O5. The van der Waals surface area contributed by atoms with Crippen LogP contribution in [0.5, 0.6) is 5.75 Å². The van der Waals surface area contributed by atoms with Gasteiger partial charge in [0, 0.05) is 31.6 Å². The normalized spacial score (nSPS) is 14.6. The predicted molar refractivity (Wildman–Crippen MR) is 105 cm³/mol. The second-order valence-corrected chi connectivity index (χ2v) is 7.45. The number of nitrogens with zero attached hydrogens (tertiary/aromatic N) is 1. The van der Waals surface area contributed by atoms with Crippen LogP contribution in [0.25, 0.3) is 0 Å². The van der Waals surface area contributed by atoms with Crippen LogP contribution in [-0.2, 0) is 9.53 Å². The first-order valence-corrected chi connectivity index (χ1v) is 9.89. The number of ether oxygens (including phenoxy) is 2. The van der Waals surface area contributed by atoms with E-state index in [1.807, 2.05) is 18.7 Å². The van der Waals surface area contributed by atoms with Gasteiger partial charge in [-0.3, -0.25) is 9.59 Å². The van der Waals surface area contributed by atoms with Gasteiger partial charge in [0.1, 0.15) is 5.75 Å². The molecule has 0 bridgehead atoms. The van der Waals surface area contributed by atoms with Crippen LogP contribution in [0.15, 0.2) is 24.3 Å². The third-order valence-electron chi connectivity index (χ3n) is 4.65. The molecule has 7 heteroatoms. The van der Waals surface area contributed by atoms with Gasteiger partial charge in [-0.05, 0) is 55.9 Å². The van der Waals surface area contributed by atoms with Crippen LogP contribution < -0.4 is 10.1 Å². The zero-order chi connectivity index (χ0) is 20.5. The molecule has 1 saturated heterocycles. The molecule has 0 unspecified atom stereocenters.